The second kappa shape index (κ2) is 9.46. The van der Waals surface area contributed by atoms with Gasteiger partial charge in [0, 0.05) is 6.54 Å². The van der Waals surface area contributed by atoms with E-state index in [4.69, 9.17) is 9.47 Å². The first-order valence-corrected chi connectivity index (χ1v) is 9.48. The van der Waals surface area contributed by atoms with Crippen molar-refractivity contribution in [2.75, 3.05) is 5.75 Å². The van der Waals surface area contributed by atoms with Crippen LogP contribution in [0.25, 0.3) is 0 Å². The SMILES string of the molecule is CCc1ccc(OCc2nnc(SCC(=O)OC(C)C)n2CC)cc1. The Morgan fingerprint density at radius 2 is 1.92 bits per heavy atom. The fourth-order valence-corrected chi connectivity index (χ4v) is 3.04. The molecule has 0 spiro atoms. The van der Waals surface area contributed by atoms with Crippen molar-refractivity contribution in [2.24, 2.45) is 0 Å². The van der Waals surface area contributed by atoms with Crippen molar-refractivity contribution in [1.82, 2.24) is 14.8 Å². The predicted molar refractivity (Wildman–Crippen MR) is 97.8 cm³/mol. The van der Waals surface area contributed by atoms with Crippen LogP contribution < -0.4 is 4.74 Å². The molecule has 0 fully saturated rings. The number of hydrogen-bond acceptors (Lipinski definition) is 6. The van der Waals surface area contributed by atoms with Gasteiger partial charge in [0.2, 0.25) is 0 Å². The Kier molecular flexibility index (Phi) is 7.31. The monoisotopic (exact) mass is 363 g/mol. The lowest BCUT2D eigenvalue weighted by atomic mass is 10.2. The van der Waals surface area contributed by atoms with Crippen LogP contribution in [0.4, 0.5) is 0 Å². The fraction of sp³-hybridized carbons (Fsp3) is 0.500. The number of carbonyl (C=O) groups excluding carboxylic acids is 1. The highest BCUT2D eigenvalue weighted by atomic mass is 32.2. The van der Waals surface area contributed by atoms with Gasteiger partial charge in [-0.3, -0.25) is 4.79 Å². The average molecular weight is 363 g/mol. The highest BCUT2D eigenvalue weighted by molar-refractivity contribution is 7.99. The molecule has 136 valence electrons. The third kappa shape index (κ3) is 5.77. The van der Waals surface area contributed by atoms with Gasteiger partial charge < -0.3 is 14.0 Å². The number of nitrogens with zero attached hydrogens (tertiary/aromatic N) is 3. The highest BCUT2D eigenvalue weighted by Crippen LogP contribution is 2.19. The molecule has 0 saturated heterocycles. The topological polar surface area (TPSA) is 66.2 Å². The molecule has 2 rings (SSSR count). The smallest absolute Gasteiger partial charge is 0.316 e. The number of ether oxygens (including phenoxy) is 2. The van der Waals surface area contributed by atoms with Gasteiger partial charge in [-0.2, -0.15) is 0 Å². The van der Waals surface area contributed by atoms with Crippen LogP contribution in [0.3, 0.4) is 0 Å². The van der Waals surface area contributed by atoms with Crippen molar-refractivity contribution in [2.45, 2.75) is 58.5 Å². The summed E-state index contributed by atoms with van der Waals surface area (Å²) in [4.78, 5) is 11.7. The first-order chi connectivity index (χ1) is 12.0. The summed E-state index contributed by atoms with van der Waals surface area (Å²) < 4.78 is 12.9. The van der Waals surface area contributed by atoms with E-state index in [-0.39, 0.29) is 17.8 Å². The number of carbonyl (C=O) groups is 1. The van der Waals surface area contributed by atoms with E-state index < -0.39 is 0 Å². The minimum atomic E-state index is -0.250. The highest BCUT2D eigenvalue weighted by Gasteiger charge is 2.14. The van der Waals surface area contributed by atoms with Crippen LogP contribution in [0, 0.1) is 0 Å². The number of benzene rings is 1. The molecule has 0 unspecified atom stereocenters. The summed E-state index contributed by atoms with van der Waals surface area (Å²) in [6.45, 7) is 8.85. The molecule has 0 amide bonds. The largest absolute Gasteiger partial charge is 0.486 e. The first kappa shape index (κ1) is 19.3. The zero-order chi connectivity index (χ0) is 18.2. The molecule has 7 heteroatoms. The maximum atomic E-state index is 11.7. The standard InChI is InChI=1S/C18H25N3O3S/c1-5-14-7-9-15(10-8-14)23-11-16-19-20-18(21(16)6-2)25-12-17(22)24-13(3)4/h7-10,13H,5-6,11-12H2,1-4H3. The lowest BCUT2D eigenvalue weighted by molar-refractivity contribution is -0.144. The summed E-state index contributed by atoms with van der Waals surface area (Å²) in [7, 11) is 0. The van der Waals surface area contributed by atoms with Crippen LogP contribution in [-0.2, 0) is 29.1 Å². The van der Waals surface area contributed by atoms with Gasteiger partial charge in [0.1, 0.15) is 12.4 Å². The molecule has 0 saturated carbocycles. The van der Waals surface area contributed by atoms with Gasteiger partial charge in [-0.25, -0.2) is 0 Å². The van der Waals surface area contributed by atoms with Crippen LogP contribution in [0.15, 0.2) is 29.4 Å². The van der Waals surface area contributed by atoms with Crippen molar-refractivity contribution in [3.05, 3.63) is 35.7 Å². The Hall–Kier alpha value is -2.02. The normalized spacial score (nSPS) is 10.9. The molecular weight excluding hydrogens is 338 g/mol. The van der Waals surface area contributed by atoms with E-state index in [0.29, 0.717) is 18.3 Å². The summed E-state index contributed by atoms with van der Waals surface area (Å²) in [6.07, 6.45) is 0.893. The predicted octanol–water partition coefficient (Wildman–Crippen LogP) is 3.48. The van der Waals surface area contributed by atoms with Crippen LogP contribution >= 0.6 is 11.8 Å². The third-order valence-corrected chi connectivity index (χ3v) is 4.44. The van der Waals surface area contributed by atoms with Crippen LogP contribution in [0.1, 0.15) is 39.1 Å². The Morgan fingerprint density at radius 1 is 1.20 bits per heavy atom. The maximum absolute atomic E-state index is 11.7. The summed E-state index contributed by atoms with van der Waals surface area (Å²) in [5.41, 5.74) is 1.27. The maximum Gasteiger partial charge on any atom is 0.316 e. The molecule has 0 aliphatic rings. The first-order valence-electron chi connectivity index (χ1n) is 8.49. The van der Waals surface area contributed by atoms with Gasteiger partial charge in [0.05, 0.1) is 11.9 Å². The van der Waals surface area contributed by atoms with E-state index in [1.807, 2.05) is 37.5 Å². The van der Waals surface area contributed by atoms with E-state index >= 15 is 0 Å². The van der Waals surface area contributed by atoms with Crippen molar-refractivity contribution >= 4 is 17.7 Å². The molecule has 1 aromatic carbocycles. The van der Waals surface area contributed by atoms with Gasteiger partial charge in [-0.1, -0.05) is 30.8 Å². The number of thioether (sulfide) groups is 1. The molecule has 0 atom stereocenters. The summed E-state index contributed by atoms with van der Waals surface area (Å²) in [6, 6.07) is 8.04. The van der Waals surface area contributed by atoms with Crippen LogP contribution in [-0.4, -0.2) is 32.6 Å². The Morgan fingerprint density at radius 3 is 2.52 bits per heavy atom. The lowest BCUT2D eigenvalue weighted by Gasteiger charge is -2.10. The lowest BCUT2D eigenvalue weighted by Crippen LogP contribution is -2.14. The second-order valence-corrected chi connectivity index (χ2v) is 6.70. The van der Waals surface area contributed by atoms with Crippen molar-refractivity contribution < 1.29 is 14.3 Å². The quantitative estimate of drug-likeness (QED) is 0.502. The molecular formula is C18H25N3O3S. The van der Waals surface area contributed by atoms with E-state index in [1.165, 1.54) is 17.3 Å². The molecule has 1 heterocycles. The molecule has 0 aliphatic heterocycles. The molecule has 1 aromatic heterocycles. The molecule has 0 aliphatic carbocycles. The summed E-state index contributed by atoms with van der Waals surface area (Å²) in [5.74, 6) is 1.51. The van der Waals surface area contributed by atoms with Crippen LogP contribution in [0.5, 0.6) is 5.75 Å². The molecule has 0 radical (unpaired) electrons. The number of hydrogen-bond donors (Lipinski definition) is 0. The molecule has 6 nitrogen and oxygen atoms in total. The molecule has 0 bridgehead atoms. The number of rotatable bonds is 9. The van der Waals surface area contributed by atoms with Gasteiger partial charge in [-0.15, -0.1) is 10.2 Å². The zero-order valence-electron chi connectivity index (χ0n) is 15.2. The average Bonchev–Trinajstić information content (AvgIpc) is 3.00. The molecule has 2 aromatic rings. The van der Waals surface area contributed by atoms with Gasteiger partial charge in [0.15, 0.2) is 11.0 Å². The van der Waals surface area contributed by atoms with Crippen molar-refractivity contribution in [3.63, 3.8) is 0 Å². The fourth-order valence-electron chi connectivity index (χ4n) is 2.24. The van der Waals surface area contributed by atoms with Crippen LogP contribution in [0.2, 0.25) is 0 Å². The van der Waals surface area contributed by atoms with Gasteiger partial charge in [0.25, 0.3) is 0 Å². The zero-order valence-corrected chi connectivity index (χ0v) is 16.0. The Labute approximate surface area is 152 Å². The van der Waals surface area contributed by atoms with E-state index in [0.717, 1.165) is 18.0 Å². The van der Waals surface area contributed by atoms with Gasteiger partial charge in [-0.05, 0) is 44.9 Å². The summed E-state index contributed by atoms with van der Waals surface area (Å²) in [5, 5.41) is 9.05. The third-order valence-electron chi connectivity index (χ3n) is 3.50. The van der Waals surface area contributed by atoms with E-state index in [9.17, 15) is 4.79 Å². The summed E-state index contributed by atoms with van der Waals surface area (Å²) >= 11 is 1.33. The number of aromatic nitrogens is 3. The minimum absolute atomic E-state index is 0.111. The number of aryl methyl sites for hydroxylation is 1. The van der Waals surface area contributed by atoms with Crippen molar-refractivity contribution in [1.29, 1.82) is 0 Å². The molecule has 25 heavy (non-hydrogen) atoms. The second-order valence-electron chi connectivity index (χ2n) is 5.76. The van der Waals surface area contributed by atoms with E-state index in [1.54, 1.807) is 0 Å². The van der Waals surface area contributed by atoms with E-state index in [2.05, 4.69) is 29.3 Å². The van der Waals surface area contributed by atoms with Crippen molar-refractivity contribution in [3.8, 4) is 5.75 Å². The molecule has 0 N–H and O–H groups in total. The minimum Gasteiger partial charge on any atom is -0.486 e. The Balaban J connectivity index is 1.94. The number of esters is 1. The van der Waals surface area contributed by atoms with Gasteiger partial charge >= 0.3 is 5.97 Å². The Bertz CT molecular complexity index is 683.